The summed E-state index contributed by atoms with van der Waals surface area (Å²) >= 11 is 0. The molecule has 2 aliphatic carbocycles. The van der Waals surface area contributed by atoms with Crippen molar-refractivity contribution in [2.45, 2.75) is 102 Å². The molecule has 1 spiro atoms. The zero-order valence-corrected chi connectivity index (χ0v) is 29.0. The van der Waals surface area contributed by atoms with Crippen molar-refractivity contribution in [2.24, 2.45) is 17.3 Å². The summed E-state index contributed by atoms with van der Waals surface area (Å²) in [6.07, 6.45) is -5.99. The van der Waals surface area contributed by atoms with Gasteiger partial charge in [-0.2, -0.15) is 0 Å². The fraction of sp³-hybridized carbons (Fsp3) is 0.556. The molecule has 2 heterocycles. The number of aliphatic hydroxyl groups excluding tert-OH is 1. The topological polar surface area (TPSA) is 194 Å². The predicted molar refractivity (Wildman–Crippen MR) is 171 cm³/mol. The minimum Gasteiger partial charge on any atom is -0.465 e. The quantitative estimate of drug-likeness (QED) is 0.287. The average molecular weight is 698 g/mol. The van der Waals surface area contributed by atoms with Gasteiger partial charge >= 0.3 is 29.8 Å². The number of nitrogens with zero attached hydrogens (tertiary/aromatic N) is 1. The summed E-state index contributed by atoms with van der Waals surface area (Å²) in [7, 11) is 0. The van der Waals surface area contributed by atoms with Crippen molar-refractivity contribution in [1.29, 1.82) is 0 Å². The van der Waals surface area contributed by atoms with E-state index in [0.717, 1.165) is 13.8 Å². The van der Waals surface area contributed by atoms with Gasteiger partial charge in [0.15, 0.2) is 12.2 Å². The monoisotopic (exact) mass is 697 g/mol. The molecule has 0 amide bonds. The van der Waals surface area contributed by atoms with Gasteiger partial charge in [0.2, 0.25) is 0 Å². The Labute approximate surface area is 289 Å². The molecule has 5 rings (SSSR count). The third-order valence-electron chi connectivity index (χ3n) is 10.0. The molecular formula is C36H43NO13. The first kappa shape index (κ1) is 36.9. The van der Waals surface area contributed by atoms with Crippen molar-refractivity contribution in [3.63, 3.8) is 0 Å². The smallest absolute Gasteiger partial charge is 0.340 e. The minimum absolute atomic E-state index is 0.0219. The van der Waals surface area contributed by atoms with Gasteiger partial charge in [0.1, 0.15) is 29.8 Å². The van der Waals surface area contributed by atoms with Gasteiger partial charge in [0.25, 0.3) is 0 Å². The molecule has 2 bridgehead atoms. The highest BCUT2D eigenvalue weighted by atomic mass is 16.6. The number of fused-ring (bicyclic) bond motifs is 1. The molecule has 50 heavy (non-hydrogen) atoms. The first-order valence-corrected chi connectivity index (χ1v) is 16.4. The van der Waals surface area contributed by atoms with Crippen LogP contribution in [0, 0.1) is 17.3 Å². The van der Waals surface area contributed by atoms with Crippen LogP contribution in [0.3, 0.4) is 0 Å². The molecule has 0 radical (unpaired) electrons. The highest BCUT2D eigenvalue weighted by Gasteiger charge is 2.88. The Morgan fingerprint density at radius 3 is 2.10 bits per heavy atom. The summed E-state index contributed by atoms with van der Waals surface area (Å²) in [5.74, 6) is -6.13. The van der Waals surface area contributed by atoms with Gasteiger partial charge in [0, 0.05) is 32.7 Å². The molecule has 1 aliphatic heterocycles. The number of rotatable bonds is 9. The second-order valence-corrected chi connectivity index (χ2v) is 14.2. The Hall–Kier alpha value is -4.40. The molecule has 9 atom stereocenters. The van der Waals surface area contributed by atoms with Gasteiger partial charge in [-0.05, 0) is 45.0 Å². The highest BCUT2D eigenvalue weighted by Crippen LogP contribution is 2.69. The molecule has 2 N–H and O–H groups in total. The lowest BCUT2D eigenvalue weighted by Gasteiger charge is -2.66. The number of benzene rings is 1. The maximum Gasteiger partial charge on any atom is 0.340 e. The zero-order chi connectivity index (χ0) is 36.8. The molecule has 1 saturated heterocycles. The second-order valence-electron chi connectivity index (χ2n) is 14.2. The van der Waals surface area contributed by atoms with E-state index in [2.05, 4.69) is 4.98 Å². The van der Waals surface area contributed by atoms with Crippen LogP contribution in [0.1, 0.15) is 75.6 Å². The van der Waals surface area contributed by atoms with Gasteiger partial charge in [-0.3, -0.25) is 19.4 Å². The van der Waals surface area contributed by atoms with Crippen molar-refractivity contribution in [1.82, 2.24) is 4.98 Å². The van der Waals surface area contributed by atoms with Gasteiger partial charge < -0.3 is 38.6 Å². The lowest BCUT2D eigenvalue weighted by Crippen LogP contribution is -2.85. The van der Waals surface area contributed by atoms with Crippen LogP contribution in [0.5, 0.6) is 0 Å². The van der Waals surface area contributed by atoms with Gasteiger partial charge in [0.05, 0.1) is 40.3 Å². The van der Waals surface area contributed by atoms with Gasteiger partial charge in [-0.25, -0.2) is 9.59 Å². The normalized spacial score (nSPS) is 33.8. The summed E-state index contributed by atoms with van der Waals surface area (Å²) in [6.45, 7) is 9.07. The SMILES string of the molecule is CC(=O)OCC12C(OC(C)=O)C(OC(=O)C(C)C)CC(C)(O)C13OC(C)(C)C(C(OC(=O)c1cccnc1)C2OC(=O)c1ccccc1)C3O. The molecule has 270 valence electrons. The summed E-state index contributed by atoms with van der Waals surface area (Å²) in [5.41, 5.74) is -8.05. The van der Waals surface area contributed by atoms with Crippen LogP contribution in [-0.4, -0.2) is 99.0 Å². The van der Waals surface area contributed by atoms with Gasteiger partial charge in [-0.15, -0.1) is 0 Å². The fourth-order valence-corrected chi connectivity index (χ4v) is 8.08. The molecule has 3 fully saturated rings. The van der Waals surface area contributed by atoms with Crippen molar-refractivity contribution >= 4 is 29.8 Å². The van der Waals surface area contributed by atoms with E-state index in [1.165, 1.54) is 43.6 Å². The summed E-state index contributed by atoms with van der Waals surface area (Å²) in [5, 5.41) is 25.1. The minimum atomic E-state index is -2.29. The number of hydrogen-bond donors (Lipinski definition) is 2. The average Bonchev–Trinajstić information content (AvgIpc) is 3.23. The maximum atomic E-state index is 14.0. The molecule has 14 heteroatoms. The van der Waals surface area contributed by atoms with E-state index >= 15 is 0 Å². The van der Waals surface area contributed by atoms with E-state index in [-0.39, 0.29) is 11.1 Å². The maximum absolute atomic E-state index is 14.0. The van der Waals surface area contributed by atoms with Crippen molar-refractivity contribution in [3.05, 3.63) is 66.0 Å². The van der Waals surface area contributed by atoms with E-state index in [4.69, 9.17) is 28.4 Å². The van der Waals surface area contributed by atoms with E-state index in [1.54, 1.807) is 45.9 Å². The van der Waals surface area contributed by atoms with E-state index < -0.39 is 107 Å². The Morgan fingerprint density at radius 1 is 0.880 bits per heavy atom. The van der Waals surface area contributed by atoms with Crippen LogP contribution in [0.25, 0.3) is 0 Å². The van der Waals surface area contributed by atoms with E-state index in [0.29, 0.717) is 0 Å². The molecule has 2 aromatic rings. The Balaban J connectivity index is 1.84. The number of carbonyl (C=O) groups excluding carboxylic acids is 5. The second kappa shape index (κ2) is 13.4. The number of aliphatic hydroxyl groups is 2. The van der Waals surface area contributed by atoms with Crippen molar-refractivity contribution in [2.75, 3.05) is 6.61 Å². The van der Waals surface area contributed by atoms with Crippen LogP contribution in [0.15, 0.2) is 54.9 Å². The number of hydrogen-bond acceptors (Lipinski definition) is 14. The molecule has 1 aromatic carbocycles. The number of aromatic nitrogens is 1. The lowest BCUT2D eigenvalue weighted by molar-refractivity contribution is -0.362. The van der Waals surface area contributed by atoms with Crippen molar-refractivity contribution < 1.29 is 62.6 Å². The standard InChI is InChI=1S/C36H43NO13/c1-19(2)30(41)47-24-16-34(7,44)36-27(40)25(33(5,6)50-36)26(48-32(43)23-14-11-15-37-17-23)29(49-31(42)22-12-9-8-10-13-22)35(36,18-45-20(3)38)28(24)46-21(4)39/h8-15,17,19,24-29,40,44H,16,18H2,1-7H3. The van der Waals surface area contributed by atoms with Crippen LogP contribution in [0.4, 0.5) is 0 Å². The first-order chi connectivity index (χ1) is 23.4. The fourth-order valence-electron chi connectivity index (χ4n) is 8.08. The number of pyridine rings is 1. The summed E-state index contributed by atoms with van der Waals surface area (Å²) in [6, 6.07) is 10.8. The molecule has 2 saturated carbocycles. The van der Waals surface area contributed by atoms with E-state index in [9.17, 15) is 34.2 Å². The molecule has 14 nitrogen and oxygen atoms in total. The van der Waals surface area contributed by atoms with Crippen LogP contribution in [-0.2, 0) is 42.8 Å². The number of esters is 5. The highest BCUT2D eigenvalue weighted by molar-refractivity contribution is 5.90. The first-order valence-electron chi connectivity index (χ1n) is 16.4. The van der Waals surface area contributed by atoms with Crippen LogP contribution < -0.4 is 0 Å². The largest absolute Gasteiger partial charge is 0.465 e. The molecule has 1 aromatic heterocycles. The number of ether oxygens (including phenoxy) is 6. The van der Waals surface area contributed by atoms with Gasteiger partial charge in [-0.1, -0.05) is 32.0 Å². The van der Waals surface area contributed by atoms with E-state index in [1.807, 2.05) is 0 Å². The van der Waals surface area contributed by atoms with Crippen molar-refractivity contribution in [3.8, 4) is 0 Å². The number of carbonyl (C=O) groups is 5. The Bertz CT molecular complexity index is 1630. The molecule has 3 aliphatic rings. The summed E-state index contributed by atoms with van der Waals surface area (Å²) in [4.78, 5) is 70.6. The Morgan fingerprint density at radius 2 is 1.52 bits per heavy atom. The Kier molecular flexibility index (Phi) is 9.87. The predicted octanol–water partition coefficient (Wildman–Crippen LogP) is 2.57. The van der Waals surface area contributed by atoms with Crippen LogP contribution in [0.2, 0.25) is 0 Å². The summed E-state index contributed by atoms with van der Waals surface area (Å²) < 4.78 is 36.7. The van der Waals surface area contributed by atoms with Crippen LogP contribution >= 0.6 is 0 Å². The zero-order valence-electron chi connectivity index (χ0n) is 29.0. The lowest BCUT2D eigenvalue weighted by atomic mass is 9.45. The third-order valence-corrected chi connectivity index (χ3v) is 10.0. The molecule has 9 unspecified atom stereocenters. The molecular weight excluding hydrogens is 654 g/mol. The third kappa shape index (κ3) is 6.02.